The van der Waals surface area contributed by atoms with Crippen LogP contribution in [0.2, 0.25) is 0 Å². The first kappa shape index (κ1) is 9.16. The molecule has 1 saturated carbocycles. The fourth-order valence-electron chi connectivity index (χ4n) is 1.47. The molecule has 1 aliphatic carbocycles. The summed E-state index contributed by atoms with van der Waals surface area (Å²) in [4.78, 5) is 0. The van der Waals surface area contributed by atoms with Crippen LogP contribution in [0.4, 0.5) is 0 Å². The van der Waals surface area contributed by atoms with Gasteiger partial charge in [0.2, 0.25) is 0 Å². The lowest BCUT2D eigenvalue weighted by Gasteiger charge is -2.24. The Labute approximate surface area is 69.4 Å². The smallest absolute Gasteiger partial charge is 0.155 e. The Balaban J connectivity index is 2.30. The van der Waals surface area contributed by atoms with E-state index in [0.29, 0.717) is 6.10 Å². The minimum atomic E-state index is -1.62. The maximum Gasteiger partial charge on any atom is 0.155 e. The van der Waals surface area contributed by atoms with Crippen LogP contribution in [0.3, 0.4) is 0 Å². The van der Waals surface area contributed by atoms with Crippen molar-refractivity contribution in [2.24, 2.45) is 0 Å². The first-order valence-electron chi connectivity index (χ1n) is 3.86. The topological polar surface area (TPSA) is 46.5 Å². The van der Waals surface area contributed by atoms with Crippen molar-refractivity contribution in [1.29, 1.82) is 0 Å². The molecule has 11 heavy (non-hydrogen) atoms. The maximum atomic E-state index is 10.6. The quantitative estimate of drug-likeness (QED) is 0.645. The third kappa shape index (κ3) is 2.54. The van der Waals surface area contributed by atoms with Gasteiger partial charge in [0.1, 0.15) is 0 Å². The molecule has 0 heterocycles. The van der Waals surface area contributed by atoms with E-state index in [2.05, 4.69) is 0 Å². The highest BCUT2D eigenvalue weighted by Gasteiger charge is 2.24. The Morgan fingerprint density at radius 2 is 1.91 bits per heavy atom. The van der Waals surface area contributed by atoms with Crippen LogP contribution in [0.15, 0.2) is 0 Å². The molecule has 4 heteroatoms. The summed E-state index contributed by atoms with van der Waals surface area (Å²) in [7, 11) is 1.70. The summed E-state index contributed by atoms with van der Waals surface area (Å²) in [5, 5.41) is -0.0126. The molecule has 0 bridgehead atoms. The minimum Gasteiger partial charge on any atom is -0.381 e. The molecule has 1 N–H and O–H groups in total. The summed E-state index contributed by atoms with van der Waals surface area (Å²) in [5.74, 6) is 0. The molecule has 1 rings (SSSR count). The first-order valence-corrected chi connectivity index (χ1v) is 5.03. The van der Waals surface area contributed by atoms with Crippen molar-refractivity contribution in [2.75, 3.05) is 7.11 Å². The Bertz CT molecular complexity index is 141. The summed E-state index contributed by atoms with van der Waals surface area (Å²) in [6.45, 7) is 0. The Morgan fingerprint density at radius 3 is 2.27 bits per heavy atom. The molecule has 1 atom stereocenters. The van der Waals surface area contributed by atoms with Crippen LogP contribution in [0, 0.1) is 0 Å². The van der Waals surface area contributed by atoms with Crippen molar-refractivity contribution in [3.63, 3.8) is 0 Å². The third-order valence-corrected chi connectivity index (χ3v) is 3.28. The second-order valence-electron chi connectivity index (χ2n) is 2.91. The fraction of sp³-hybridized carbons (Fsp3) is 1.00. The van der Waals surface area contributed by atoms with Crippen LogP contribution in [-0.2, 0) is 15.8 Å². The van der Waals surface area contributed by atoms with Gasteiger partial charge in [0, 0.05) is 7.11 Å². The maximum absolute atomic E-state index is 10.6. The largest absolute Gasteiger partial charge is 0.381 e. The van der Waals surface area contributed by atoms with Gasteiger partial charge in [-0.3, -0.25) is 0 Å². The molecule has 0 aromatic heterocycles. The van der Waals surface area contributed by atoms with E-state index in [4.69, 9.17) is 9.29 Å². The van der Waals surface area contributed by atoms with E-state index in [9.17, 15) is 4.21 Å². The summed E-state index contributed by atoms with van der Waals surface area (Å²) < 4.78 is 24.5. The van der Waals surface area contributed by atoms with Crippen molar-refractivity contribution in [3.05, 3.63) is 0 Å². The van der Waals surface area contributed by atoms with E-state index in [0.717, 1.165) is 25.7 Å². The number of rotatable bonds is 2. The zero-order chi connectivity index (χ0) is 8.27. The lowest BCUT2D eigenvalue weighted by atomic mass is 9.97. The van der Waals surface area contributed by atoms with Crippen LogP contribution in [0.25, 0.3) is 0 Å². The number of hydrogen-bond acceptors (Lipinski definition) is 2. The Hall–Kier alpha value is 0.0700. The third-order valence-electron chi connectivity index (χ3n) is 2.24. The molecule has 66 valence electrons. The van der Waals surface area contributed by atoms with Gasteiger partial charge in [-0.1, -0.05) is 0 Å². The van der Waals surface area contributed by atoms with E-state index >= 15 is 0 Å². The standard InChI is InChI=1S/C7H14O3S/c1-10-6-2-4-7(5-3-6)11(8)9/h6-7H,2-5H2,1H3,(H,8,9). The highest BCUT2D eigenvalue weighted by molar-refractivity contribution is 7.79. The van der Waals surface area contributed by atoms with Crippen molar-refractivity contribution < 1.29 is 13.5 Å². The van der Waals surface area contributed by atoms with Crippen LogP contribution in [0.5, 0.6) is 0 Å². The second-order valence-corrected chi connectivity index (χ2v) is 4.13. The fourth-order valence-corrected chi connectivity index (χ4v) is 2.15. The van der Waals surface area contributed by atoms with E-state index in [1.807, 2.05) is 0 Å². The van der Waals surface area contributed by atoms with Gasteiger partial charge >= 0.3 is 0 Å². The van der Waals surface area contributed by atoms with Crippen LogP contribution < -0.4 is 0 Å². The number of hydrogen-bond donors (Lipinski definition) is 1. The molecule has 0 radical (unpaired) electrons. The predicted molar refractivity (Wildman–Crippen MR) is 43.8 cm³/mol. The SMILES string of the molecule is COC1CCC(S(=O)O)CC1. The van der Waals surface area contributed by atoms with E-state index < -0.39 is 11.1 Å². The average molecular weight is 178 g/mol. The first-order chi connectivity index (χ1) is 5.24. The molecule has 0 aliphatic heterocycles. The molecule has 0 aromatic rings. The van der Waals surface area contributed by atoms with Crippen molar-refractivity contribution in [2.45, 2.75) is 37.0 Å². The van der Waals surface area contributed by atoms with Gasteiger partial charge < -0.3 is 9.29 Å². The van der Waals surface area contributed by atoms with Crippen LogP contribution in [-0.4, -0.2) is 27.2 Å². The monoisotopic (exact) mass is 178 g/mol. The van der Waals surface area contributed by atoms with Gasteiger partial charge in [0.25, 0.3) is 0 Å². The van der Waals surface area contributed by atoms with Gasteiger partial charge in [0.05, 0.1) is 11.4 Å². The molecule has 0 spiro atoms. The highest BCUT2D eigenvalue weighted by Crippen LogP contribution is 2.23. The molecule has 1 fully saturated rings. The van der Waals surface area contributed by atoms with Gasteiger partial charge in [-0.25, -0.2) is 4.21 Å². The van der Waals surface area contributed by atoms with Gasteiger partial charge in [-0.2, -0.15) is 0 Å². The summed E-state index contributed by atoms with van der Waals surface area (Å²) >= 11 is -1.62. The molecule has 3 nitrogen and oxygen atoms in total. The predicted octanol–water partition coefficient (Wildman–Crippen LogP) is 1.17. The highest BCUT2D eigenvalue weighted by atomic mass is 32.2. The second kappa shape index (κ2) is 4.18. The van der Waals surface area contributed by atoms with Crippen LogP contribution in [0.1, 0.15) is 25.7 Å². The lowest BCUT2D eigenvalue weighted by Crippen LogP contribution is -2.26. The summed E-state index contributed by atoms with van der Waals surface area (Å²) in [6, 6.07) is 0. The minimum absolute atomic E-state index is 0.0126. The molecular weight excluding hydrogens is 164 g/mol. The molecule has 0 aromatic carbocycles. The van der Waals surface area contributed by atoms with Crippen molar-refractivity contribution >= 4 is 11.1 Å². The zero-order valence-electron chi connectivity index (χ0n) is 6.66. The summed E-state index contributed by atoms with van der Waals surface area (Å²) in [6.07, 6.45) is 3.80. The molecule has 0 amide bonds. The molecule has 1 aliphatic rings. The number of methoxy groups -OCH3 is 1. The zero-order valence-corrected chi connectivity index (χ0v) is 7.47. The summed E-state index contributed by atoms with van der Waals surface area (Å²) in [5.41, 5.74) is 0. The van der Waals surface area contributed by atoms with Gasteiger partial charge in [-0.15, -0.1) is 0 Å². The normalized spacial score (nSPS) is 35.1. The van der Waals surface area contributed by atoms with Crippen molar-refractivity contribution in [3.8, 4) is 0 Å². The van der Waals surface area contributed by atoms with Crippen molar-refractivity contribution in [1.82, 2.24) is 0 Å². The van der Waals surface area contributed by atoms with E-state index in [-0.39, 0.29) is 5.25 Å². The Kier molecular flexibility index (Phi) is 3.48. The molecule has 1 unspecified atom stereocenters. The lowest BCUT2D eigenvalue weighted by molar-refractivity contribution is 0.0716. The van der Waals surface area contributed by atoms with Crippen LogP contribution >= 0.6 is 0 Å². The van der Waals surface area contributed by atoms with E-state index in [1.54, 1.807) is 7.11 Å². The van der Waals surface area contributed by atoms with Gasteiger partial charge in [0.15, 0.2) is 11.1 Å². The van der Waals surface area contributed by atoms with E-state index in [1.165, 1.54) is 0 Å². The molecule has 0 saturated heterocycles. The molecular formula is C7H14O3S. The average Bonchev–Trinajstić information content (AvgIpc) is 2.05. The van der Waals surface area contributed by atoms with Gasteiger partial charge in [-0.05, 0) is 25.7 Å². The number of ether oxygens (including phenoxy) is 1. The Morgan fingerprint density at radius 1 is 1.36 bits per heavy atom.